The summed E-state index contributed by atoms with van der Waals surface area (Å²) in [5.41, 5.74) is 4.46. The minimum atomic E-state index is 0.776. The number of hydrogen-bond donors (Lipinski definition) is 0. The van der Waals surface area contributed by atoms with Gasteiger partial charge in [-0.2, -0.15) is 0 Å². The van der Waals surface area contributed by atoms with Crippen molar-refractivity contribution in [1.82, 2.24) is 9.55 Å². The van der Waals surface area contributed by atoms with Crippen LogP contribution < -0.4 is 0 Å². The second-order valence-corrected chi connectivity index (χ2v) is 7.91. The summed E-state index contributed by atoms with van der Waals surface area (Å²) in [5.74, 6) is 0.972. The van der Waals surface area contributed by atoms with E-state index in [1.165, 1.54) is 5.56 Å². The van der Waals surface area contributed by atoms with E-state index in [2.05, 4.69) is 103 Å². The van der Waals surface area contributed by atoms with Crippen LogP contribution in [0.1, 0.15) is 5.56 Å². The fourth-order valence-electron chi connectivity index (χ4n) is 2.90. The highest BCUT2D eigenvalue weighted by atomic mass is 79.9. The molecular formula is C22H16Br2N2. The molecule has 26 heavy (non-hydrogen) atoms. The van der Waals surface area contributed by atoms with Gasteiger partial charge >= 0.3 is 0 Å². The molecule has 0 saturated heterocycles. The summed E-state index contributed by atoms with van der Waals surface area (Å²) in [6, 6.07) is 27.0. The minimum absolute atomic E-state index is 0.776. The number of nitrogens with zero attached hydrogens (tertiary/aromatic N) is 2. The summed E-state index contributed by atoms with van der Waals surface area (Å²) in [4.78, 5) is 4.93. The van der Waals surface area contributed by atoms with Crippen LogP contribution in [-0.2, 0) is 6.54 Å². The summed E-state index contributed by atoms with van der Waals surface area (Å²) in [5, 5.41) is 0. The molecule has 0 saturated carbocycles. The van der Waals surface area contributed by atoms with Crippen molar-refractivity contribution in [3.63, 3.8) is 0 Å². The minimum Gasteiger partial charge on any atom is -0.326 e. The van der Waals surface area contributed by atoms with Gasteiger partial charge in [0, 0.05) is 32.8 Å². The molecule has 4 rings (SSSR count). The van der Waals surface area contributed by atoms with E-state index in [1.807, 2.05) is 18.2 Å². The van der Waals surface area contributed by atoms with Crippen LogP contribution in [0.25, 0.3) is 22.6 Å². The Kier molecular flexibility index (Phi) is 5.05. The number of imidazole rings is 1. The molecule has 2 nitrogen and oxygen atoms in total. The lowest BCUT2D eigenvalue weighted by atomic mass is 10.2. The topological polar surface area (TPSA) is 17.8 Å². The maximum Gasteiger partial charge on any atom is 0.140 e. The van der Waals surface area contributed by atoms with Crippen LogP contribution in [-0.4, -0.2) is 9.55 Å². The van der Waals surface area contributed by atoms with Crippen molar-refractivity contribution < 1.29 is 0 Å². The van der Waals surface area contributed by atoms with Crippen LogP contribution in [0, 0.1) is 0 Å². The van der Waals surface area contributed by atoms with Gasteiger partial charge in [0.2, 0.25) is 0 Å². The van der Waals surface area contributed by atoms with Gasteiger partial charge < -0.3 is 4.57 Å². The molecule has 4 heteroatoms. The Morgan fingerprint density at radius 2 is 1.31 bits per heavy atom. The molecule has 0 aliphatic heterocycles. The summed E-state index contributed by atoms with van der Waals surface area (Å²) < 4.78 is 4.37. The second kappa shape index (κ2) is 7.60. The van der Waals surface area contributed by atoms with Crippen molar-refractivity contribution in [3.8, 4) is 22.6 Å². The second-order valence-electron chi connectivity index (χ2n) is 6.08. The molecule has 3 aromatic carbocycles. The number of halogens is 2. The normalized spacial score (nSPS) is 10.8. The highest BCUT2D eigenvalue weighted by Gasteiger charge is 2.12. The monoisotopic (exact) mass is 466 g/mol. The van der Waals surface area contributed by atoms with E-state index in [1.54, 1.807) is 0 Å². The summed E-state index contributed by atoms with van der Waals surface area (Å²) in [6.07, 6.45) is 2.13. The Hall–Kier alpha value is -2.17. The fourth-order valence-corrected chi connectivity index (χ4v) is 3.43. The van der Waals surface area contributed by atoms with Crippen LogP contribution in [0.15, 0.2) is 94.0 Å². The lowest BCUT2D eigenvalue weighted by Crippen LogP contribution is -2.00. The van der Waals surface area contributed by atoms with Gasteiger partial charge in [0.1, 0.15) is 5.82 Å². The molecule has 128 valence electrons. The molecule has 0 spiro atoms. The van der Waals surface area contributed by atoms with E-state index in [-0.39, 0.29) is 0 Å². The smallest absolute Gasteiger partial charge is 0.140 e. The first-order chi connectivity index (χ1) is 12.7. The zero-order valence-corrected chi connectivity index (χ0v) is 17.1. The first kappa shape index (κ1) is 17.3. The third-order valence-electron chi connectivity index (χ3n) is 4.21. The van der Waals surface area contributed by atoms with E-state index in [4.69, 9.17) is 4.98 Å². The Bertz CT molecular complexity index is 1000. The Labute approximate surface area is 169 Å². The van der Waals surface area contributed by atoms with Crippen LogP contribution in [0.3, 0.4) is 0 Å². The van der Waals surface area contributed by atoms with Crippen LogP contribution in [0.5, 0.6) is 0 Å². The van der Waals surface area contributed by atoms with E-state index >= 15 is 0 Å². The molecule has 0 bridgehead atoms. The molecule has 0 amide bonds. The van der Waals surface area contributed by atoms with Crippen molar-refractivity contribution in [2.75, 3.05) is 0 Å². The van der Waals surface area contributed by atoms with Gasteiger partial charge in [0.15, 0.2) is 0 Å². The van der Waals surface area contributed by atoms with Crippen LogP contribution in [0.2, 0.25) is 0 Å². The highest BCUT2D eigenvalue weighted by molar-refractivity contribution is 9.10. The summed E-state index contributed by atoms with van der Waals surface area (Å²) in [7, 11) is 0. The Morgan fingerprint density at radius 3 is 1.96 bits per heavy atom. The van der Waals surface area contributed by atoms with Gasteiger partial charge in [-0.1, -0.05) is 86.5 Å². The largest absolute Gasteiger partial charge is 0.326 e. The van der Waals surface area contributed by atoms with Crippen molar-refractivity contribution >= 4 is 31.9 Å². The Balaban J connectivity index is 1.78. The van der Waals surface area contributed by atoms with Crippen LogP contribution >= 0.6 is 31.9 Å². The van der Waals surface area contributed by atoms with E-state index < -0.39 is 0 Å². The zero-order valence-electron chi connectivity index (χ0n) is 13.9. The van der Waals surface area contributed by atoms with E-state index in [0.29, 0.717) is 0 Å². The average molecular weight is 468 g/mol. The first-order valence-electron chi connectivity index (χ1n) is 8.32. The van der Waals surface area contributed by atoms with Crippen molar-refractivity contribution in [1.29, 1.82) is 0 Å². The van der Waals surface area contributed by atoms with E-state index in [0.717, 1.165) is 38.1 Å². The fraction of sp³-hybridized carbons (Fsp3) is 0.0455. The third kappa shape index (κ3) is 3.81. The molecule has 0 N–H and O–H groups in total. The van der Waals surface area contributed by atoms with Gasteiger partial charge in [-0.25, -0.2) is 4.98 Å². The molecular weight excluding hydrogens is 452 g/mol. The van der Waals surface area contributed by atoms with E-state index in [9.17, 15) is 0 Å². The van der Waals surface area contributed by atoms with Gasteiger partial charge in [0.05, 0.1) is 5.69 Å². The molecule has 0 radical (unpaired) electrons. The lowest BCUT2D eigenvalue weighted by molar-refractivity contribution is 0.807. The zero-order chi connectivity index (χ0) is 17.9. The average Bonchev–Trinajstić information content (AvgIpc) is 3.09. The molecule has 1 heterocycles. The molecule has 0 aliphatic carbocycles. The molecule has 1 aromatic heterocycles. The maximum atomic E-state index is 4.93. The van der Waals surface area contributed by atoms with Gasteiger partial charge in [-0.15, -0.1) is 0 Å². The molecule has 0 aliphatic rings. The van der Waals surface area contributed by atoms with Crippen molar-refractivity contribution in [2.45, 2.75) is 6.54 Å². The molecule has 4 aromatic rings. The standard InChI is InChI=1S/C22H16Br2N2/c23-19-10-6-16(7-11-19)14-26-15-21(17-4-2-1-3-5-17)25-22(26)18-8-12-20(24)13-9-18/h1-13,15H,14H2. The molecule has 0 unspecified atom stereocenters. The quantitative estimate of drug-likeness (QED) is 0.323. The van der Waals surface area contributed by atoms with Gasteiger partial charge in [0.25, 0.3) is 0 Å². The van der Waals surface area contributed by atoms with Crippen molar-refractivity contribution in [3.05, 3.63) is 99.6 Å². The summed E-state index contributed by atoms with van der Waals surface area (Å²) >= 11 is 7.01. The van der Waals surface area contributed by atoms with Gasteiger partial charge in [-0.05, 0) is 29.8 Å². The molecule has 0 fully saturated rings. The SMILES string of the molecule is Brc1ccc(Cn2cc(-c3ccccc3)nc2-c2ccc(Br)cc2)cc1. The summed E-state index contributed by atoms with van der Waals surface area (Å²) in [6.45, 7) is 0.776. The number of hydrogen-bond acceptors (Lipinski definition) is 1. The third-order valence-corrected chi connectivity index (χ3v) is 5.27. The predicted octanol–water partition coefficient (Wildman–Crippen LogP) is 6.79. The van der Waals surface area contributed by atoms with Crippen molar-refractivity contribution in [2.24, 2.45) is 0 Å². The van der Waals surface area contributed by atoms with Gasteiger partial charge in [-0.3, -0.25) is 0 Å². The highest BCUT2D eigenvalue weighted by Crippen LogP contribution is 2.27. The predicted molar refractivity (Wildman–Crippen MR) is 114 cm³/mol. The number of aromatic nitrogens is 2. The first-order valence-corrected chi connectivity index (χ1v) is 9.90. The van der Waals surface area contributed by atoms with Crippen LogP contribution in [0.4, 0.5) is 0 Å². The molecule has 0 atom stereocenters. The lowest BCUT2D eigenvalue weighted by Gasteiger charge is -2.08. The number of rotatable bonds is 4. The maximum absolute atomic E-state index is 4.93. The number of benzene rings is 3. The Morgan fingerprint density at radius 1 is 0.692 bits per heavy atom.